The molecule has 2 aliphatic heterocycles. The number of benzene rings is 1. The maximum atomic E-state index is 13.3. The van der Waals surface area contributed by atoms with Gasteiger partial charge in [-0.15, -0.1) is 0 Å². The van der Waals surface area contributed by atoms with Gasteiger partial charge >= 0.3 is 5.97 Å². The van der Waals surface area contributed by atoms with Crippen LogP contribution in [0.15, 0.2) is 24.4 Å². The molecule has 1 aromatic heterocycles. The van der Waals surface area contributed by atoms with Gasteiger partial charge in [-0.05, 0) is 18.9 Å². The number of fused-ring (bicyclic) bond motifs is 4. The molecule has 2 atom stereocenters. The number of Topliss-reactive ketones (excluding diaryl/α,β-unsaturated/α-hetero) is 1. The molecule has 0 aliphatic carbocycles. The number of para-hydroxylation sites is 1. The van der Waals surface area contributed by atoms with Gasteiger partial charge in [-0.2, -0.15) is 0 Å². The fraction of sp³-hybridized carbons (Fsp3) is 0.522. The van der Waals surface area contributed by atoms with Crippen LogP contribution < -0.4 is 0 Å². The van der Waals surface area contributed by atoms with Gasteiger partial charge in [0, 0.05) is 42.7 Å². The van der Waals surface area contributed by atoms with Crippen LogP contribution in [0.4, 0.5) is 0 Å². The van der Waals surface area contributed by atoms with E-state index in [4.69, 9.17) is 4.74 Å². The SMILES string of the molecule is CCc1cccc2c(C(C)=O)cn(CC(=O)N3C[C@@H]4COC[C@H](C3)N(CC(=O)O)C4)c12. The number of aromatic nitrogens is 1. The maximum absolute atomic E-state index is 13.3. The van der Waals surface area contributed by atoms with Gasteiger partial charge < -0.3 is 19.3 Å². The second-order valence-corrected chi connectivity index (χ2v) is 8.57. The van der Waals surface area contributed by atoms with E-state index in [1.807, 2.05) is 32.6 Å². The standard InChI is InChI=1S/C23H29N3O5/c1-3-17-5-4-6-19-20(15(2)27)10-26(23(17)19)11-21(28)25-8-16-7-24(12-22(29)30)18(9-25)14-31-13-16/h4-6,10,16,18H,3,7-9,11-14H2,1-2H3,(H,29,30)/t16-,18+/m1/s1. The molecule has 4 rings (SSSR count). The molecule has 2 fully saturated rings. The van der Waals surface area contributed by atoms with Gasteiger partial charge in [0.1, 0.15) is 6.54 Å². The minimum atomic E-state index is -0.868. The van der Waals surface area contributed by atoms with Gasteiger partial charge in [0.15, 0.2) is 5.78 Å². The fourth-order valence-corrected chi connectivity index (χ4v) is 4.87. The number of hydrogen-bond donors (Lipinski definition) is 1. The number of carboxylic acid groups (broad SMARTS) is 1. The molecule has 1 amide bonds. The highest BCUT2D eigenvalue weighted by Gasteiger charge is 2.36. The highest BCUT2D eigenvalue weighted by atomic mass is 16.5. The number of amides is 1. The molecule has 2 bridgehead atoms. The van der Waals surface area contributed by atoms with Crippen LogP contribution >= 0.6 is 0 Å². The summed E-state index contributed by atoms with van der Waals surface area (Å²) in [6.07, 6.45) is 2.60. The summed E-state index contributed by atoms with van der Waals surface area (Å²) in [7, 11) is 0. The number of aliphatic carboxylic acids is 1. The number of carboxylic acids is 1. The van der Waals surface area contributed by atoms with E-state index < -0.39 is 5.97 Å². The van der Waals surface area contributed by atoms with Crippen LogP contribution in [0, 0.1) is 5.92 Å². The predicted octanol–water partition coefficient (Wildman–Crippen LogP) is 1.65. The van der Waals surface area contributed by atoms with Crippen LogP contribution in [-0.2, 0) is 27.3 Å². The maximum Gasteiger partial charge on any atom is 0.317 e. The molecule has 31 heavy (non-hydrogen) atoms. The molecule has 1 N–H and O–H groups in total. The number of rotatable bonds is 6. The first-order chi connectivity index (χ1) is 14.9. The van der Waals surface area contributed by atoms with Gasteiger partial charge in [-0.1, -0.05) is 25.1 Å². The third kappa shape index (κ3) is 4.36. The lowest BCUT2D eigenvalue weighted by Crippen LogP contribution is -2.47. The largest absolute Gasteiger partial charge is 0.480 e. The summed E-state index contributed by atoms with van der Waals surface area (Å²) in [5.74, 6) is -0.827. The third-order valence-corrected chi connectivity index (χ3v) is 6.32. The number of nitrogens with zero attached hydrogens (tertiary/aromatic N) is 3. The lowest BCUT2D eigenvalue weighted by molar-refractivity contribution is -0.139. The molecule has 2 saturated heterocycles. The zero-order valence-corrected chi connectivity index (χ0v) is 18.0. The minimum absolute atomic E-state index is 0.0183. The molecule has 2 aliphatic rings. The number of carbonyl (C=O) groups is 3. The zero-order valence-electron chi connectivity index (χ0n) is 18.0. The van der Waals surface area contributed by atoms with Crippen molar-refractivity contribution >= 4 is 28.6 Å². The van der Waals surface area contributed by atoms with E-state index in [9.17, 15) is 19.5 Å². The lowest BCUT2D eigenvalue weighted by Gasteiger charge is -2.30. The third-order valence-electron chi connectivity index (χ3n) is 6.32. The number of aryl methyl sites for hydroxylation is 1. The molecule has 0 spiro atoms. The van der Waals surface area contributed by atoms with Crippen molar-refractivity contribution in [2.45, 2.75) is 32.9 Å². The first-order valence-corrected chi connectivity index (χ1v) is 10.8. The summed E-state index contributed by atoms with van der Waals surface area (Å²) >= 11 is 0. The smallest absolute Gasteiger partial charge is 0.317 e. The van der Waals surface area contributed by atoms with Crippen LogP contribution in [0.5, 0.6) is 0 Å². The number of carbonyl (C=O) groups excluding carboxylic acids is 2. The highest BCUT2D eigenvalue weighted by molar-refractivity contribution is 6.07. The molecule has 2 aromatic rings. The van der Waals surface area contributed by atoms with Gasteiger partial charge in [0.25, 0.3) is 0 Å². The molecule has 0 radical (unpaired) electrons. The topological polar surface area (TPSA) is 92.1 Å². The summed E-state index contributed by atoms with van der Waals surface area (Å²) in [5.41, 5.74) is 2.67. The Morgan fingerprint density at radius 3 is 2.65 bits per heavy atom. The van der Waals surface area contributed by atoms with Crippen LogP contribution in [0.25, 0.3) is 10.9 Å². The van der Waals surface area contributed by atoms with E-state index in [1.54, 1.807) is 13.1 Å². The van der Waals surface area contributed by atoms with Crippen molar-refractivity contribution in [3.05, 3.63) is 35.5 Å². The summed E-state index contributed by atoms with van der Waals surface area (Å²) in [4.78, 5) is 40.6. The van der Waals surface area contributed by atoms with E-state index in [0.29, 0.717) is 38.4 Å². The number of hydrogen-bond acceptors (Lipinski definition) is 5. The summed E-state index contributed by atoms with van der Waals surface area (Å²) in [6, 6.07) is 5.79. The Bertz CT molecular complexity index is 1010. The van der Waals surface area contributed by atoms with Crippen molar-refractivity contribution < 1.29 is 24.2 Å². The Hall–Kier alpha value is -2.71. The fourth-order valence-electron chi connectivity index (χ4n) is 4.87. The predicted molar refractivity (Wildman–Crippen MR) is 115 cm³/mol. The average Bonchev–Trinajstić information content (AvgIpc) is 2.85. The van der Waals surface area contributed by atoms with Gasteiger partial charge in [0.05, 0.1) is 31.3 Å². The monoisotopic (exact) mass is 427 g/mol. The van der Waals surface area contributed by atoms with Gasteiger partial charge in [-0.25, -0.2) is 0 Å². The van der Waals surface area contributed by atoms with Crippen LogP contribution in [0.2, 0.25) is 0 Å². The molecule has 8 nitrogen and oxygen atoms in total. The second kappa shape index (κ2) is 8.80. The molecule has 8 heteroatoms. The Morgan fingerprint density at radius 1 is 1.13 bits per heavy atom. The van der Waals surface area contributed by atoms with Crippen LogP contribution in [0.3, 0.4) is 0 Å². The van der Waals surface area contributed by atoms with Crippen molar-refractivity contribution in [1.29, 1.82) is 0 Å². The lowest BCUT2D eigenvalue weighted by atomic mass is 10.1. The molecule has 166 valence electrons. The van der Waals surface area contributed by atoms with E-state index in [1.165, 1.54) is 0 Å². The molecule has 0 saturated carbocycles. The number of ketones is 1. The Morgan fingerprint density at radius 2 is 1.94 bits per heavy atom. The molecule has 3 heterocycles. The van der Waals surface area contributed by atoms with E-state index in [0.717, 1.165) is 22.9 Å². The summed E-state index contributed by atoms with van der Waals surface area (Å²) in [5, 5.41) is 10.1. The van der Waals surface area contributed by atoms with Crippen molar-refractivity contribution in [1.82, 2.24) is 14.4 Å². The van der Waals surface area contributed by atoms with Crippen molar-refractivity contribution in [3.63, 3.8) is 0 Å². The quantitative estimate of drug-likeness (QED) is 0.705. The van der Waals surface area contributed by atoms with Crippen molar-refractivity contribution in [3.8, 4) is 0 Å². The van der Waals surface area contributed by atoms with Crippen LogP contribution in [-0.4, -0.2) is 82.6 Å². The Kier molecular flexibility index (Phi) is 6.11. The summed E-state index contributed by atoms with van der Waals surface area (Å²) < 4.78 is 7.62. The molecular formula is C23H29N3O5. The minimum Gasteiger partial charge on any atom is -0.480 e. The Balaban J connectivity index is 1.61. The van der Waals surface area contributed by atoms with E-state index >= 15 is 0 Å². The molecule has 0 unspecified atom stereocenters. The van der Waals surface area contributed by atoms with Gasteiger partial charge in [0.2, 0.25) is 5.91 Å². The van der Waals surface area contributed by atoms with Crippen molar-refractivity contribution in [2.24, 2.45) is 5.92 Å². The highest BCUT2D eigenvalue weighted by Crippen LogP contribution is 2.27. The zero-order chi connectivity index (χ0) is 22.1. The molecular weight excluding hydrogens is 398 g/mol. The summed E-state index contributed by atoms with van der Waals surface area (Å²) in [6.45, 7) is 6.28. The molecule has 1 aromatic carbocycles. The van der Waals surface area contributed by atoms with E-state index in [-0.39, 0.29) is 36.7 Å². The second-order valence-electron chi connectivity index (χ2n) is 8.57. The van der Waals surface area contributed by atoms with Crippen LogP contribution in [0.1, 0.15) is 29.8 Å². The Labute approximate surface area is 181 Å². The number of ether oxygens (including phenoxy) is 1. The average molecular weight is 428 g/mol. The first-order valence-electron chi connectivity index (χ1n) is 10.8. The normalized spacial score (nSPS) is 21.8. The van der Waals surface area contributed by atoms with E-state index in [2.05, 4.69) is 6.92 Å². The van der Waals surface area contributed by atoms with Gasteiger partial charge in [-0.3, -0.25) is 19.3 Å². The van der Waals surface area contributed by atoms with Crippen molar-refractivity contribution in [2.75, 3.05) is 39.4 Å². The first kappa shape index (κ1) is 21.5.